The van der Waals surface area contributed by atoms with Crippen molar-refractivity contribution in [3.05, 3.63) is 21.9 Å². The normalized spacial score (nSPS) is 16.3. The zero-order valence-corrected chi connectivity index (χ0v) is 12.6. The largest absolute Gasteiger partial charge is 0.477 e. The molecule has 2 amide bonds. The Morgan fingerprint density at radius 2 is 1.81 bits per heavy atom. The molecule has 1 aromatic heterocycles. The van der Waals surface area contributed by atoms with Crippen LogP contribution in [0.2, 0.25) is 0 Å². The van der Waals surface area contributed by atoms with Crippen molar-refractivity contribution in [3.8, 4) is 0 Å². The maximum atomic E-state index is 12.2. The van der Waals surface area contributed by atoms with Gasteiger partial charge in [-0.1, -0.05) is 0 Å². The van der Waals surface area contributed by atoms with E-state index >= 15 is 0 Å². The smallest absolute Gasteiger partial charge is 0.345 e. The van der Waals surface area contributed by atoms with Gasteiger partial charge in [-0.05, 0) is 38.3 Å². The third kappa shape index (κ3) is 3.81. The fourth-order valence-electron chi connectivity index (χ4n) is 2.29. The van der Waals surface area contributed by atoms with E-state index in [2.05, 4.69) is 5.32 Å². The number of aromatic carboxylic acids is 1. The molecule has 1 fully saturated rings. The number of rotatable bonds is 4. The summed E-state index contributed by atoms with van der Waals surface area (Å²) in [6.07, 6.45) is 3.14. The summed E-state index contributed by atoms with van der Waals surface area (Å²) >= 11 is 0.902. The summed E-state index contributed by atoms with van der Waals surface area (Å²) in [5.41, 5.74) is 0. The SMILES string of the molecule is CC(NC(=O)c1ccc(C(=O)O)s1)C(=O)N1CCCCC1. The van der Waals surface area contributed by atoms with Crippen molar-refractivity contribution in [2.45, 2.75) is 32.2 Å². The van der Waals surface area contributed by atoms with Gasteiger partial charge in [0.1, 0.15) is 10.9 Å². The summed E-state index contributed by atoms with van der Waals surface area (Å²) < 4.78 is 0. The summed E-state index contributed by atoms with van der Waals surface area (Å²) in [6, 6.07) is 2.24. The van der Waals surface area contributed by atoms with Crippen LogP contribution in [0.5, 0.6) is 0 Å². The first-order valence-corrected chi connectivity index (χ1v) is 7.73. The van der Waals surface area contributed by atoms with E-state index in [4.69, 9.17) is 5.11 Å². The highest BCUT2D eigenvalue weighted by molar-refractivity contribution is 7.15. The average Bonchev–Trinajstić information content (AvgIpc) is 2.97. The molecule has 21 heavy (non-hydrogen) atoms. The topological polar surface area (TPSA) is 86.7 Å². The van der Waals surface area contributed by atoms with E-state index in [9.17, 15) is 14.4 Å². The van der Waals surface area contributed by atoms with Crippen LogP contribution < -0.4 is 5.32 Å². The Labute approximate surface area is 126 Å². The predicted molar refractivity (Wildman–Crippen MR) is 78.6 cm³/mol. The van der Waals surface area contributed by atoms with Gasteiger partial charge in [-0.15, -0.1) is 11.3 Å². The lowest BCUT2D eigenvalue weighted by atomic mass is 10.1. The van der Waals surface area contributed by atoms with Gasteiger partial charge in [0.15, 0.2) is 0 Å². The van der Waals surface area contributed by atoms with E-state index < -0.39 is 17.9 Å². The van der Waals surface area contributed by atoms with Crippen molar-refractivity contribution in [1.82, 2.24) is 10.2 Å². The van der Waals surface area contributed by atoms with Gasteiger partial charge in [0.2, 0.25) is 5.91 Å². The lowest BCUT2D eigenvalue weighted by Gasteiger charge is -2.29. The second-order valence-electron chi connectivity index (χ2n) is 5.05. The van der Waals surface area contributed by atoms with E-state index in [0.717, 1.165) is 43.7 Å². The summed E-state index contributed by atoms with van der Waals surface area (Å²) in [6.45, 7) is 3.13. The van der Waals surface area contributed by atoms with Crippen molar-refractivity contribution in [2.75, 3.05) is 13.1 Å². The van der Waals surface area contributed by atoms with E-state index in [1.165, 1.54) is 12.1 Å². The highest BCUT2D eigenvalue weighted by Gasteiger charge is 2.24. The number of carbonyl (C=O) groups excluding carboxylic acids is 2. The summed E-state index contributed by atoms with van der Waals surface area (Å²) in [5, 5.41) is 11.5. The van der Waals surface area contributed by atoms with Crippen LogP contribution in [0.3, 0.4) is 0 Å². The first-order chi connectivity index (χ1) is 9.99. The third-order valence-electron chi connectivity index (χ3n) is 3.43. The number of hydrogen-bond acceptors (Lipinski definition) is 4. The van der Waals surface area contributed by atoms with E-state index in [0.29, 0.717) is 4.88 Å². The van der Waals surface area contributed by atoms with E-state index in [1.54, 1.807) is 11.8 Å². The number of hydrogen-bond donors (Lipinski definition) is 2. The van der Waals surface area contributed by atoms with Gasteiger partial charge in [0, 0.05) is 13.1 Å². The molecule has 0 spiro atoms. The molecule has 1 aromatic rings. The molecule has 0 aliphatic carbocycles. The molecule has 0 aromatic carbocycles. The van der Waals surface area contributed by atoms with Crippen LogP contribution in [0.4, 0.5) is 0 Å². The molecule has 1 saturated heterocycles. The van der Waals surface area contributed by atoms with Gasteiger partial charge in [-0.3, -0.25) is 9.59 Å². The highest BCUT2D eigenvalue weighted by Crippen LogP contribution is 2.16. The molecule has 2 heterocycles. The van der Waals surface area contributed by atoms with Crippen LogP contribution in [0, 0.1) is 0 Å². The quantitative estimate of drug-likeness (QED) is 0.884. The molecule has 1 aliphatic rings. The van der Waals surface area contributed by atoms with Crippen molar-refractivity contribution in [1.29, 1.82) is 0 Å². The highest BCUT2D eigenvalue weighted by atomic mass is 32.1. The van der Waals surface area contributed by atoms with Gasteiger partial charge in [-0.25, -0.2) is 4.79 Å². The lowest BCUT2D eigenvalue weighted by Crippen LogP contribution is -2.48. The molecule has 0 radical (unpaired) electrons. The minimum absolute atomic E-state index is 0.0851. The lowest BCUT2D eigenvalue weighted by molar-refractivity contribution is -0.133. The van der Waals surface area contributed by atoms with Crippen LogP contribution in [0.1, 0.15) is 45.5 Å². The maximum Gasteiger partial charge on any atom is 0.345 e. The van der Waals surface area contributed by atoms with Crippen LogP contribution in [-0.2, 0) is 4.79 Å². The van der Waals surface area contributed by atoms with Gasteiger partial charge >= 0.3 is 5.97 Å². The Morgan fingerprint density at radius 1 is 1.19 bits per heavy atom. The third-order valence-corrected chi connectivity index (χ3v) is 4.50. The number of nitrogens with zero attached hydrogens (tertiary/aromatic N) is 1. The molecule has 114 valence electrons. The average molecular weight is 310 g/mol. The molecule has 1 aliphatic heterocycles. The number of piperidine rings is 1. The van der Waals surface area contributed by atoms with Crippen LogP contribution >= 0.6 is 11.3 Å². The number of carbonyl (C=O) groups is 3. The summed E-state index contributed by atoms with van der Waals surface area (Å²) in [5.74, 6) is -1.56. The minimum Gasteiger partial charge on any atom is -0.477 e. The Morgan fingerprint density at radius 3 is 2.38 bits per heavy atom. The van der Waals surface area contributed by atoms with Gasteiger partial charge in [0.25, 0.3) is 5.91 Å². The Kier molecular flexibility index (Phi) is 4.95. The van der Waals surface area contributed by atoms with Gasteiger partial charge in [0.05, 0.1) is 4.88 Å². The van der Waals surface area contributed by atoms with E-state index in [1.807, 2.05) is 0 Å². The molecule has 7 heteroatoms. The second kappa shape index (κ2) is 6.71. The van der Waals surface area contributed by atoms with Crippen molar-refractivity contribution >= 4 is 29.1 Å². The monoisotopic (exact) mass is 310 g/mol. The molecule has 2 rings (SSSR count). The molecule has 2 N–H and O–H groups in total. The zero-order valence-electron chi connectivity index (χ0n) is 11.8. The number of carboxylic acid groups (broad SMARTS) is 1. The Hall–Kier alpha value is -1.89. The first-order valence-electron chi connectivity index (χ1n) is 6.92. The molecular weight excluding hydrogens is 292 g/mol. The fraction of sp³-hybridized carbons (Fsp3) is 0.500. The molecule has 6 nitrogen and oxygen atoms in total. The Balaban J connectivity index is 1.94. The number of likely N-dealkylation sites (tertiary alicyclic amines) is 1. The summed E-state index contributed by atoms with van der Waals surface area (Å²) in [4.78, 5) is 37.2. The summed E-state index contributed by atoms with van der Waals surface area (Å²) in [7, 11) is 0. The van der Waals surface area contributed by atoms with Crippen molar-refractivity contribution in [3.63, 3.8) is 0 Å². The number of nitrogens with one attached hydrogen (secondary N) is 1. The van der Waals surface area contributed by atoms with Crippen LogP contribution in [-0.4, -0.2) is 46.9 Å². The second-order valence-corrected chi connectivity index (χ2v) is 6.13. The van der Waals surface area contributed by atoms with Gasteiger partial charge in [-0.2, -0.15) is 0 Å². The van der Waals surface area contributed by atoms with E-state index in [-0.39, 0.29) is 10.8 Å². The van der Waals surface area contributed by atoms with Crippen LogP contribution in [0.15, 0.2) is 12.1 Å². The van der Waals surface area contributed by atoms with Crippen molar-refractivity contribution in [2.24, 2.45) is 0 Å². The zero-order chi connectivity index (χ0) is 15.4. The van der Waals surface area contributed by atoms with Gasteiger partial charge < -0.3 is 15.3 Å². The fourth-order valence-corrected chi connectivity index (χ4v) is 3.04. The predicted octanol–water partition coefficient (Wildman–Crippen LogP) is 1.58. The molecule has 1 unspecified atom stereocenters. The molecular formula is C14H18N2O4S. The number of carboxylic acids is 1. The molecule has 0 bridgehead atoms. The standard InChI is InChI=1S/C14H18N2O4S/c1-9(13(18)16-7-3-2-4-8-16)15-12(17)10-5-6-11(21-10)14(19)20/h5-6,9H,2-4,7-8H2,1H3,(H,15,17)(H,19,20). The first kappa shape index (κ1) is 15.5. The minimum atomic E-state index is -1.06. The maximum absolute atomic E-state index is 12.2. The van der Waals surface area contributed by atoms with Crippen LogP contribution in [0.25, 0.3) is 0 Å². The molecule has 1 atom stereocenters. The number of amides is 2. The molecule has 0 saturated carbocycles. The van der Waals surface area contributed by atoms with Crippen molar-refractivity contribution < 1.29 is 19.5 Å². The number of thiophene rings is 1. The Bertz CT molecular complexity index is 549.